The minimum Gasteiger partial charge on any atom is -0.481 e. The number of benzene rings is 3. The quantitative estimate of drug-likeness (QED) is 0.0193. The molecule has 0 radical (unpaired) electrons. The summed E-state index contributed by atoms with van der Waals surface area (Å²) in [5, 5.41) is 36.9. The van der Waals surface area contributed by atoms with E-state index in [1.807, 2.05) is 92.4 Å². The van der Waals surface area contributed by atoms with E-state index in [1.165, 1.54) is 13.8 Å². The number of rotatable bonds is 32. The van der Waals surface area contributed by atoms with Gasteiger partial charge in [0.25, 0.3) is 6.47 Å². The number of carbonyl (C=O) groups excluding carboxylic acids is 9. The van der Waals surface area contributed by atoms with Crippen LogP contribution >= 0.6 is 0 Å². The van der Waals surface area contributed by atoms with Crippen LogP contribution in [0, 0.1) is 11.8 Å². The van der Waals surface area contributed by atoms with E-state index in [9.17, 15) is 57.8 Å². The van der Waals surface area contributed by atoms with Gasteiger partial charge in [-0.15, -0.1) is 0 Å². The molecule has 25 nitrogen and oxygen atoms in total. The molecule has 8 N–H and O–H groups in total. The van der Waals surface area contributed by atoms with E-state index in [4.69, 9.17) is 14.6 Å². The third-order valence-electron chi connectivity index (χ3n) is 15.5. The minimum absolute atomic E-state index is 0.00463. The number of ether oxygens (including phenoxy) is 2. The first-order valence-corrected chi connectivity index (χ1v) is 30.8. The van der Waals surface area contributed by atoms with Gasteiger partial charge in [-0.3, -0.25) is 62.8 Å². The average molecular weight is 1240 g/mol. The van der Waals surface area contributed by atoms with Gasteiger partial charge in [0, 0.05) is 97.0 Å². The SMILES string of the molecule is CC(=O)CN1CCN(CC(C)=O)CCN(CC(=O)OC(C)(C)C)CCN(CC(=O)N[C@@H](Cc2ccccc2)C(=O)NCC2CCC(C(=O)N[C@@H](Cc3ccc4ccccc4c3)C(=O)NCCCC[C@H](NC(=O)N[C@@H](CCC(=O)O)C(=O)O)OC=O)CC2)CC1. The lowest BCUT2D eigenvalue weighted by atomic mass is 9.81. The highest BCUT2D eigenvalue weighted by Gasteiger charge is 2.32. The summed E-state index contributed by atoms with van der Waals surface area (Å²) in [5.74, 6) is -4.90. The molecular weight excluding hydrogens is 1150 g/mol. The van der Waals surface area contributed by atoms with Crippen LogP contribution in [0.4, 0.5) is 4.79 Å². The van der Waals surface area contributed by atoms with E-state index in [0.717, 1.165) is 21.9 Å². The smallest absolute Gasteiger partial charge is 0.326 e. The highest BCUT2D eigenvalue weighted by molar-refractivity contribution is 5.90. The Morgan fingerprint density at radius 2 is 1.15 bits per heavy atom. The van der Waals surface area contributed by atoms with Gasteiger partial charge in [-0.1, -0.05) is 72.8 Å². The van der Waals surface area contributed by atoms with Crippen molar-refractivity contribution in [3.8, 4) is 0 Å². The van der Waals surface area contributed by atoms with Crippen molar-refractivity contribution in [1.29, 1.82) is 0 Å². The van der Waals surface area contributed by atoms with Gasteiger partial charge in [0.05, 0.1) is 26.2 Å². The summed E-state index contributed by atoms with van der Waals surface area (Å²) in [6.07, 6.45) is 1.43. The lowest BCUT2D eigenvalue weighted by Crippen LogP contribution is -2.53. The number of hydrogen-bond acceptors (Lipinski definition) is 17. The van der Waals surface area contributed by atoms with Gasteiger partial charge in [-0.2, -0.15) is 0 Å². The number of unbranched alkanes of at least 4 members (excludes halogenated alkanes) is 1. The Kier molecular flexibility index (Phi) is 30.0. The van der Waals surface area contributed by atoms with Crippen LogP contribution in [-0.2, 0) is 70.3 Å². The molecule has 1 saturated carbocycles. The van der Waals surface area contributed by atoms with Crippen molar-refractivity contribution in [1.82, 2.24) is 51.5 Å². The van der Waals surface area contributed by atoms with Crippen molar-refractivity contribution in [2.45, 2.75) is 135 Å². The number of ketones is 2. The predicted octanol–water partition coefficient (Wildman–Crippen LogP) is 2.66. The van der Waals surface area contributed by atoms with Crippen LogP contribution in [0.5, 0.6) is 0 Å². The number of amides is 6. The molecule has 1 saturated heterocycles. The number of aliphatic carboxylic acids is 2. The molecule has 6 amide bonds. The topological polar surface area (TPSA) is 332 Å². The van der Waals surface area contributed by atoms with E-state index in [0.29, 0.717) is 97.4 Å². The Morgan fingerprint density at radius 3 is 1.72 bits per heavy atom. The summed E-state index contributed by atoms with van der Waals surface area (Å²) in [4.78, 5) is 148. The first-order valence-electron chi connectivity index (χ1n) is 30.8. The van der Waals surface area contributed by atoms with Gasteiger partial charge >= 0.3 is 23.9 Å². The fraction of sp³-hybridized carbons (Fsp3) is 0.578. The zero-order valence-corrected chi connectivity index (χ0v) is 52.1. The molecule has 5 rings (SSSR count). The number of esters is 1. The second-order valence-corrected chi connectivity index (χ2v) is 24.3. The number of urea groups is 1. The summed E-state index contributed by atoms with van der Waals surface area (Å²) < 4.78 is 10.6. The van der Waals surface area contributed by atoms with E-state index < -0.39 is 72.1 Å². The van der Waals surface area contributed by atoms with Crippen LogP contribution in [0.15, 0.2) is 72.8 Å². The Hall–Kier alpha value is -7.87. The van der Waals surface area contributed by atoms with Gasteiger partial charge in [0.15, 0.2) is 6.23 Å². The molecule has 2 aliphatic rings. The lowest BCUT2D eigenvalue weighted by molar-refractivity contribution is -0.156. The van der Waals surface area contributed by atoms with Crippen LogP contribution in [0.1, 0.15) is 104 Å². The van der Waals surface area contributed by atoms with Crippen LogP contribution in [-0.4, -0.2) is 217 Å². The number of Topliss-reactive ketones (excluding diaryl/α,β-unsaturated/α-hetero) is 2. The molecule has 0 spiro atoms. The molecule has 0 bridgehead atoms. The second-order valence-electron chi connectivity index (χ2n) is 24.3. The Bertz CT molecular complexity index is 2840. The van der Waals surface area contributed by atoms with E-state index >= 15 is 0 Å². The molecule has 1 aliphatic heterocycles. The molecule has 89 heavy (non-hydrogen) atoms. The maximum Gasteiger partial charge on any atom is 0.326 e. The molecule has 4 atom stereocenters. The normalized spacial score (nSPS) is 18.0. The monoisotopic (exact) mass is 1240 g/mol. The van der Waals surface area contributed by atoms with Crippen molar-refractivity contribution in [3.05, 3.63) is 83.9 Å². The van der Waals surface area contributed by atoms with E-state index in [-0.39, 0.29) is 100 Å². The summed E-state index contributed by atoms with van der Waals surface area (Å²) >= 11 is 0. The molecule has 0 unspecified atom stereocenters. The summed E-state index contributed by atoms with van der Waals surface area (Å²) in [5.41, 5.74) is 0.974. The van der Waals surface area contributed by atoms with Crippen LogP contribution in [0.2, 0.25) is 0 Å². The highest BCUT2D eigenvalue weighted by Crippen LogP contribution is 2.29. The molecule has 488 valence electrons. The third kappa shape index (κ3) is 28.0. The van der Waals surface area contributed by atoms with Crippen LogP contribution in [0.3, 0.4) is 0 Å². The number of carbonyl (C=O) groups is 11. The predicted molar refractivity (Wildman–Crippen MR) is 331 cm³/mol. The first-order chi connectivity index (χ1) is 42.4. The molecule has 3 aromatic carbocycles. The van der Waals surface area contributed by atoms with Gasteiger partial charge in [-0.05, 0) is 107 Å². The number of hydrogen-bond donors (Lipinski definition) is 8. The molecule has 25 heteroatoms. The number of carboxylic acids is 2. The Balaban J connectivity index is 1.18. The number of fused-ring (bicyclic) bond motifs is 1. The van der Waals surface area contributed by atoms with E-state index in [1.54, 1.807) is 20.8 Å². The molecule has 2 fully saturated rings. The molecule has 1 aliphatic carbocycles. The molecule has 0 aromatic heterocycles. The first kappa shape index (κ1) is 71.9. The number of carboxylic acid groups (broad SMARTS) is 2. The highest BCUT2D eigenvalue weighted by atomic mass is 16.6. The summed E-state index contributed by atoms with van der Waals surface area (Å²) in [6.45, 7) is 13.0. The van der Waals surface area contributed by atoms with Crippen LogP contribution < -0.4 is 31.9 Å². The van der Waals surface area contributed by atoms with Crippen molar-refractivity contribution >= 4 is 76.4 Å². The van der Waals surface area contributed by atoms with E-state index in [2.05, 4.69) is 31.9 Å². The van der Waals surface area contributed by atoms with Crippen LogP contribution in [0.25, 0.3) is 10.8 Å². The zero-order valence-electron chi connectivity index (χ0n) is 52.1. The van der Waals surface area contributed by atoms with Crippen molar-refractivity contribution < 1.29 is 72.4 Å². The molecular formula is C64H92N10O15. The fourth-order valence-electron chi connectivity index (χ4n) is 10.9. The summed E-state index contributed by atoms with van der Waals surface area (Å²) in [7, 11) is 0. The fourth-order valence-corrected chi connectivity index (χ4v) is 10.9. The lowest BCUT2D eigenvalue weighted by Gasteiger charge is -2.34. The maximum atomic E-state index is 14.2. The van der Waals surface area contributed by atoms with Crippen molar-refractivity contribution in [2.75, 3.05) is 91.6 Å². The van der Waals surface area contributed by atoms with Crippen molar-refractivity contribution in [2.24, 2.45) is 11.8 Å². The van der Waals surface area contributed by atoms with Gasteiger partial charge in [0.2, 0.25) is 23.6 Å². The third-order valence-corrected chi connectivity index (χ3v) is 15.5. The number of nitrogens with one attached hydrogen (secondary N) is 6. The zero-order chi connectivity index (χ0) is 64.9. The second kappa shape index (κ2) is 37.2. The molecule has 3 aromatic rings. The van der Waals surface area contributed by atoms with Gasteiger partial charge in [0.1, 0.15) is 35.3 Å². The standard InChI is InChI=1S/C64H92N10O15/c1-44(76)39-71-27-28-72(40-45(2)77)30-33-74(42-58(81)89-64(3,4)5)34-32-73(31-29-71)41-55(78)67-53(36-46-13-7-6-8-14-46)61(84)66-38-47-18-22-50(23-19-47)59(82)68-54(37-48-20-21-49-15-9-10-16-51(49)35-48)60(83)65-26-12-11-17-56(88-43-75)70-63(87)69-52(62(85)86)24-25-57(79)80/h6-10,13-16,20-21,35,43,47,50,52-54,56H,11-12,17-19,22-34,36-42H2,1-5H3,(H,65,83)(H,66,84)(H,67,78)(H,68,82)(H,79,80)(H,85,86)(H2,69,70,87)/t47?,50?,52-,53-,54-,56+/m0/s1. The largest absolute Gasteiger partial charge is 0.481 e. The van der Waals surface area contributed by atoms with Gasteiger partial charge in [-0.25, -0.2) is 9.59 Å². The summed E-state index contributed by atoms with van der Waals surface area (Å²) in [6, 6.07) is 18.6. The van der Waals surface area contributed by atoms with Crippen molar-refractivity contribution in [3.63, 3.8) is 0 Å². The Labute approximate surface area is 521 Å². The average Bonchev–Trinajstić information content (AvgIpc) is 3.28. The maximum absolute atomic E-state index is 14.2. The number of nitrogens with zero attached hydrogens (tertiary/aromatic N) is 4. The van der Waals surface area contributed by atoms with Gasteiger partial charge < -0.3 is 51.6 Å². The minimum atomic E-state index is -1.50. The Morgan fingerprint density at radius 1 is 0.596 bits per heavy atom. The molecule has 1 heterocycles.